The number of aromatic carboxylic acids is 1. The molecule has 1 aromatic heterocycles. The summed E-state index contributed by atoms with van der Waals surface area (Å²) in [4.78, 5) is 38.9. The van der Waals surface area contributed by atoms with Crippen LogP contribution in [0, 0.1) is 5.92 Å². The van der Waals surface area contributed by atoms with Gasteiger partial charge in [-0.15, -0.1) is 24.8 Å². The van der Waals surface area contributed by atoms with Gasteiger partial charge in [0.1, 0.15) is 5.56 Å². The predicted octanol–water partition coefficient (Wildman–Crippen LogP) is 2.34. The number of nitrogen functional groups attached to an aromatic ring is 1. The largest absolute Gasteiger partial charge is 0.478 e. The Bertz CT molecular complexity index is 714. The van der Waals surface area contributed by atoms with Crippen LogP contribution in [0.4, 0.5) is 11.4 Å². The van der Waals surface area contributed by atoms with Crippen molar-refractivity contribution >= 4 is 54.0 Å². The quantitative estimate of drug-likeness (QED) is 0.351. The molecule has 1 aliphatic carbocycles. The van der Waals surface area contributed by atoms with Gasteiger partial charge < -0.3 is 27.2 Å². The maximum atomic E-state index is 12.1. The molecule has 0 unspecified atom stereocenters. The molecule has 0 saturated heterocycles. The number of hydrogen-bond donors (Lipinski definition) is 5. The zero-order chi connectivity index (χ0) is 20.5. The summed E-state index contributed by atoms with van der Waals surface area (Å²) < 4.78 is 0. The van der Waals surface area contributed by atoms with Gasteiger partial charge in [0.15, 0.2) is 0 Å². The second-order valence-corrected chi connectivity index (χ2v) is 7.17. The normalized spacial score (nSPS) is 14.6. The highest BCUT2D eigenvalue weighted by atomic mass is 35.5. The van der Waals surface area contributed by atoms with E-state index in [-0.39, 0.29) is 65.9 Å². The third kappa shape index (κ3) is 8.33. The monoisotopic (exact) mass is 463 g/mol. The van der Waals surface area contributed by atoms with Crippen LogP contribution in [0.5, 0.6) is 0 Å². The summed E-state index contributed by atoms with van der Waals surface area (Å²) in [5.74, 6) is -1.36. The fourth-order valence-electron chi connectivity index (χ4n) is 3.40. The van der Waals surface area contributed by atoms with Crippen molar-refractivity contribution < 1.29 is 19.5 Å². The van der Waals surface area contributed by atoms with Crippen LogP contribution >= 0.6 is 24.8 Å². The smallest absolute Gasteiger partial charge is 0.339 e. The molecular weight excluding hydrogens is 433 g/mol. The lowest BCUT2D eigenvalue weighted by molar-refractivity contribution is -0.123. The molecule has 1 aromatic rings. The number of carbonyl (C=O) groups excluding carboxylic acids is 2. The first-order valence-corrected chi connectivity index (χ1v) is 9.70. The number of pyridine rings is 1. The van der Waals surface area contributed by atoms with Crippen molar-refractivity contribution in [3.05, 3.63) is 18.0 Å². The van der Waals surface area contributed by atoms with Gasteiger partial charge in [0, 0.05) is 19.2 Å². The Morgan fingerprint density at radius 3 is 2.43 bits per heavy atom. The summed E-state index contributed by atoms with van der Waals surface area (Å²) in [7, 11) is 0. The van der Waals surface area contributed by atoms with Crippen LogP contribution < -0.4 is 22.1 Å². The number of hydrogen-bond acceptors (Lipinski definition) is 6. The third-order valence-electron chi connectivity index (χ3n) is 5.08. The maximum absolute atomic E-state index is 12.1. The molecule has 0 spiro atoms. The molecule has 1 heterocycles. The Kier molecular flexibility index (Phi) is 13.0. The molecule has 11 heteroatoms. The predicted molar refractivity (Wildman–Crippen MR) is 120 cm³/mol. The van der Waals surface area contributed by atoms with Crippen LogP contribution in [0.1, 0.15) is 61.7 Å². The maximum Gasteiger partial charge on any atom is 0.339 e. The number of unbranched alkanes of at least 4 members (excludes halogenated alkanes) is 1. The number of carbonyl (C=O) groups is 3. The molecule has 170 valence electrons. The number of aromatic nitrogens is 1. The van der Waals surface area contributed by atoms with E-state index < -0.39 is 12.0 Å². The molecule has 0 aromatic carbocycles. The lowest BCUT2D eigenvalue weighted by Crippen LogP contribution is -2.46. The zero-order valence-corrected chi connectivity index (χ0v) is 18.4. The minimum absolute atomic E-state index is 0. The van der Waals surface area contributed by atoms with E-state index in [2.05, 4.69) is 15.6 Å². The lowest BCUT2D eigenvalue weighted by atomic mass is 9.84. The Labute approximate surface area is 188 Å². The van der Waals surface area contributed by atoms with Crippen molar-refractivity contribution in [1.29, 1.82) is 0 Å². The molecule has 0 radical (unpaired) electrons. The molecule has 1 saturated carbocycles. The zero-order valence-electron chi connectivity index (χ0n) is 16.8. The average molecular weight is 464 g/mol. The van der Waals surface area contributed by atoms with Crippen molar-refractivity contribution in [1.82, 2.24) is 10.3 Å². The highest BCUT2D eigenvalue weighted by Crippen LogP contribution is 2.25. The van der Waals surface area contributed by atoms with Crippen LogP contribution in [-0.4, -0.2) is 40.5 Å². The van der Waals surface area contributed by atoms with Crippen LogP contribution in [0.25, 0.3) is 0 Å². The van der Waals surface area contributed by atoms with Crippen molar-refractivity contribution in [2.45, 2.75) is 57.4 Å². The van der Waals surface area contributed by atoms with E-state index in [1.165, 1.54) is 12.6 Å². The summed E-state index contributed by atoms with van der Waals surface area (Å²) in [6.45, 7) is 0.463. The molecule has 0 bridgehead atoms. The van der Waals surface area contributed by atoms with Gasteiger partial charge in [0.05, 0.1) is 23.6 Å². The fourth-order valence-corrected chi connectivity index (χ4v) is 3.40. The van der Waals surface area contributed by atoms with E-state index in [0.29, 0.717) is 19.4 Å². The second kappa shape index (κ2) is 14.0. The number of anilines is 2. The Balaban J connectivity index is 0.00000420. The molecule has 1 aliphatic rings. The van der Waals surface area contributed by atoms with Crippen molar-refractivity contribution in [3.63, 3.8) is 0 Å². The highest BCUT2D eigenvalue weighted by Gasteiger charge is 2.25. The van der Waals surface area contributed by atoms with Gasteiger partial charge in [-0.25, -0.2) is 4.79 Å². The Morgan fingerprint density at radius 1 is 1.13 bits per heavy atom. The standard InChI is InChI=1S/C19H29N5O4.2ClH/c20-16(12-6-2-1-3-7-12)18(26)23-9-5-4-8-15(25)24-14-11-22-10-13(17(14)21)19(27)28;;/h10-12,16H,1-9,20H2,(H2,21,22)(H,23,26)(H,24,25)(H,27,28);2*1H/t16-;;/m0../s1. The number of carboxylic acids is 1. The number of nitrogens with zero attached hydrogens (tertiary/aromatic N) is 1. The van der Waals surface area contributed by atoms with E-state index in [4.69, 9.17) is 16.6 Å². The highest BCUT2D eigenvalue weighted by molar-refractivity contribution is 6.00. The van der Waals surface area contributed by atoms with Gasteiger partial charge in [0.25, 0.3) is 0 Å². The molecule has 0 aliphatic heterocycles. The van der Waals surface area contributed by atoms with Gasteiger partial charge in [0.2, 0.25) is 11.8 Å². The molecule has 2 amide bonds. The summed E-state index contributed by atoms with van der Waals surface area (Å²) in [6.07, 6.45) is 9.38. The van der Waals surface area contributed by atoms with E-state index >= 15 is 0 Å². The van der Waals surface area contributed by atoms with Crippen LogP contribution in [0.15, 0.2) is 12.4 Å². The minimum atomic E-state index is -1.21. The first kappa shape index (κ1) is 27.9. The molecular formula is C19H31Cl2N5O4. The molecule has 30 heavy (non-hydrogen) atoms. The van der Waals surface area contributed by atoms with Gasteiger partial charge in [-0.05, 0) is 31.6 Å². The number of carboxylic acid groups (broad SMARTS) is 1. The summed E-state index contributed by atoms with van der Waals surface area (Å²) >= 11 is 0. The van der Waals surface area contributed by atoms with Crippen LogP contribution in [0.3, 0.4) is 0 Å². The second-order valence-electron chi connectivity index (χ2n) is 7.17. The van der Waals surface area contributed by atoms with Gasteiger partial charge in [-0.1, -0.05) is 19.3 Å². The third-order valence-corrected chi connectivity index (χ3v) is 5.08. The van der Waals surface area contributed by atoms with Crippen molar-refractivity contribution in [3.8, 4) is 0 Å². The molecule has 2 rings (SSSR count). The number of amides is 2. The molecule has 7 N–H and O–H groups in total. The summed E-state index contributed by atoms with van der Waals surface area (Å²) in [6, 6.07) is -0.458. The van der Waals surface area contributed by atoms with E-state index in [1.54, 1.807) is 0 Å². The van der Waals surface area contributed by atoms with Crippen molar-refractivity contribution in [2.75, 3.05) is 17.6 Å². The molecule has 1 fully saturated rings. The average Bonchev–Trinajstić information content (AvgIpc) is 2.69. The lowest BCUT2D eigenvalue weighted by Gasteiger charge is -2.26. The first-order chi connectivity index (χ1) is 13.4. The molecule has 9 nitrogen and oxygen atoms in total. The minimum Gasteiger partial charge on any atom is -0.478 e. The molecule has 1 atom stereocenters. The number of nitrogens with two attached hydrogens (primary N) is 2. The van der Waals surface area contributed by atoms with Crippen LogP contribution in [-0.2, 0) is 9.59 Å². The van der Waals surface area contributed by atoms with E-state index in [0.717, 1.165) is 31.9 Å². The van der Waals surface area contributed by atoms with Crippen molar-refractivity contribution in [2.24, 2.45) is 11.7 Å². The number of nitrogens with one attached hydrogen (secondary N) is 2. The Morgan fingerprint density at radius 2 is 1.80 bits per heavy atom. The topological polar surface area (TPSA) is 160 Å². The Hall–Kier alpha value is -2.10. The number of halogens is 2. The SMILES string of the molecule is Cl.Cl.Nc1c(NC(=O)CCCCNC(=O)[C@@H](N)C2CCCCC2)cncc1C(=O)O. The summed E-state index contributed by atoms with van der Waals surface area (Å²) in [5.41, 5.74) is 11.8. The summed E-state index contributed by atoms with van der Waals surface area (Å²) in [5, 5.41) is 14.4. The van der Waals surface area contributed by atoms with Gasteiger partial charge in [-0.3, -0.25) is 14.6 Å². The fraction of sp³-hybridized carbons (Fsp3) is 0.579. The van der Waals surface area contributed by atoms with Gasteiger partial charge in [-0.2, -0.15) is 0 Å². The van der Waals surface area contributed by atoms with Gasteiger partial charge >= 0.3 is 5.97 Å². The number of rotatable bonds is 9. The van der Waals surface area contributed by atoms with E-state index in [9.17, 15) is 14.4 Å². The first-order valence-electron chi connectivity index (χ1n) is 9.70. The van der Waals surface area contributed by atoms with Crippen LogP contribution in [0.2, 0.25) is 0 Å². The van der Waals surface area contributed by atoms with E-state index in [1.807, 2.05) is 0 Å².